The van der Waals surface area contributed by atoms with Gasteiger partial charge in [-0.3, -0.25) is 0 Å². The Bertz CT molecular complexity index is 321. The summed E-state index contributed by atoms with van der Waals surface area (Å²) in [6, 6.07) is 5.79. The van der Waals surface area contributed by atoms with E-state index in [1.807, 2.05) is 18.2 Å². The predicted molar refractivity (Wildman–Crippen MR) is 55.3 cm³/mol. The third kappa shape index (κ3) is 2.08. The van der Waals surface area contributed by atoms with Gasteiger partial charge in [-0.2, -0.15) is 0 Å². The second-order valence-electron chi connectivity index (χ2n) is 3.00. The fourth-order valence-corrected chi connectivity index (χ4v) is 1.88. The third-order valence-corrected chi connectivity index (χ3v) is 2.48. The van der Waals surface area contributed by atoms with Gasteiger partial charge in [0.2, 0.25) is 0 Å². The summed E-state index contributed by atoms with van der Waals surface area (Å²) in [6.45, 7) is 1.30. The van der Waals surface area contributed by atoms with Gasteiger partial charge >= 0.3 is 0 Å². The van der Waals surface area contributed by atoms with E-state index in [0.29, 0.717) is 13.2 Å². The summed E-state index contributed by atoms with van der Waals surface area (Å²) in [5.41, 5.74) is 0.980. The van der Waals surface area contributed by atoms with E-state index in [0.717, 1.165) is 15.8 Å². The van der Waals surface area contributed by atoms with Crippen LogP contribution < -0.4 is 4.74 Å². The number of hydrogen-bond donors (Lipinski definition) is 0. The summed E-state index contributed by atoms with van der Waals surface area (Å²) < 4.78 is 16.9. The number of halogens is 1. The summed E-state index contributed by atoms with van der Waals surface area (Å²) in [6.07, 6.45) is -0.249. The van der Waals surface area contributed by atoms with Gasteiger partial charge in [0.25, 0.3) is 0 Å². The van der Waals surface area contributed by atoms with Gasteiger partial charge in [-0.1, -0.05) is 15.9 Å². The second kappa shape index (κ2) is 4.29. The molecule has 1 fully saturated rings. The second-order valence-corrected chi connectivity index (χ2v) is 3.91. The van der Waals surface area contributed by atoms with E-state index in [-0.39, 0.29) is 6.29 Å². The molecule has 1 aliphatic rings. The minimum absolute atomic E-state index is 0.249. The minimum Gasteiger partial charge on any atom is -0.497 e. The van der Waals surface area contributed by atoms with Crippen molar-refractivity contribution in [2.75, 3.05) is 20.3 Å². The smallest absolute Gasteiger partial charge is 0.184 e. The third-order valence-electron chi connectivity index (χ3n) is 2.02. The fourth-order valence-electron chi connectivity index (χ4n) is 1.39. The molecule has 0 N–H and O–H groups in total. The lowest BCUT2D eigenvalue weighted by Crippen LogP contribution is -1.98. The molecule has 0 atom stereocenters. The van der Waals surface area contributed by atoms with Crippen LogP contribution >= 0.6 is 15.9 Å². The summed E-state index contributed by atoms with van der Waals surface area (Å²) in [7, 11) is 1.64. The Morgan fingerprint density at radius 3 is 2.64 bits per heavy atom. The molecule has 0 aromatic heterocycles. The standard InChI is InChI=1S/C10H11BrO3/c1-12-9-5-7(4-8(11)6-9)10-13-2-3-14-10/h4-6,10H,2-3H2,1H3. The quantitative estimate of drug-likeness (QED) is 0.816. The monoisotopic (exact) mass is 258 g/mol. The van der Waals surface area contributed by atoms with Crippen LogP contribution in [-0.4, -0.2) is 20.3 Å². The Morgan fingerprint density at radius 2 is 2.00 bits per heavy atom. The van der Waals surface area contributed by atoms with Crippen molar-refractivity contribution in [1.82, 2.24) is 0 Å². The highest BCUT2D eigenvalue weighted by Crippen LogP contribution is 2.29. The van der Waals surface area contributed by atoms with Gasteiger partial charge in [0, 0.05) is 10.0 Å². The van der Waals surface area contributed by atoms with Gasteiger partial charge in [0.15, 0.2) is 6.29 Å². The van der Waals surface area contributed by atoms with Crippen molar-refractivity contribution in [2.45, 2.75) is 6.29 Å². The maximum atomic E-state index is 5.39. The van der Waals surface area contributed by atoms with Gasteiger partial charge in [-0.05, 0) is 18.2 Å². The van der Waals surface area contributed by atoms with E-state index in [4.69, 9.17) is 14.2 Å². The van der Waals surface area contributed by atoms with Crippen molar-refractivity contribution in [3.8, 4) is 5.75 Å². The molecule has 3 nitrogen and oxygen atoms in total. The first kappa shape index (κ1) is 9.96. The van der Waals surface area contributed by atoms with Crippen LogP contribution in [0.5, 0.6) is 5.75 Å². The number of benzene rings is 1. The van der Waals surface area contributed by atoms with Gasteiger partial charge < -0.3 is 14.2 Å². The van der Waals surface area contributed by atoms with Crippen molar-refractivity contribution in [3.05, 3.63) is 28.2 Å². The van der Waals surface area contributed by atoms with Gasteiger partial charge in [0.05, 0.1) is 20.3 Å². The molecule has 14 heavy (non-hydrogen) atoms. The van der Waals surface area contributed by atoms with Crippen molar-refractivity contribution >= 4 is 15.9 Å². The molecular formula is C10H11BrO3. The molecule has 0 spiro atoms. The zero-order valence-electron chi connectivity index (χ0n) is 7.83. The van der Waals surface area contributed by atoms with Crippen LogP contribution in [-0.2, 0) is 9.47 Å². The summed E-state index contributed by atoms with van der Waals surface area (Å²) in [4.78, 5) is 0. The maximum absolute atomic E-state index is 5.39. The van der Waals surface area contributed by atoms with Crippen LogP contribution in [0.2, 0.25) is 0 Å². The zero-order chi connectivity index (χ0) is 9.97. The van der Waals surface area contributed by atoms with Gasteiger partial charge in [-0.15, -0.1) is 0 Å². The zero-order valence-corrected chi connectivity index (χ0v) is 9.41. The highest BCUT2D eigenvalue weighted by Gasteiger charge is 2.19. The van der Waals surface area contributed by atoms with Crippen molar-refractivity contribution in [2.24, 2.45) is 0 Å². The van der Waals surface area contributed by atoms with Crippen LogP contribution in [0.25, 0.3) is 0 Å². The first-order valence-corrected chi connectivity index (χ1v) is 5.16. The Labute approximate surface area is 91.1 Å². The van der Waals surface area contributed by atoms with Crippen LogP contribution in [0, 0.1) is 0 Å². The van der Waals surface area contributed by atoms with E-state index in [1.165, 1.54) is 0 Å². The molecule has 2 rings (SSSR count). The van der Waals surface area contributed by atoms with Crippen LogP contribution in [0.15, 0.2) is 22.7 Å². The molecule has 1 aromatic rings. The Balaban J connectivity index is 2.27. The van der Waals surface area contributed by atoms with Crippen molar-refractivity contribution in [1.29, 1.82) is 0 Å². The number of rotatable bonds is 2. The predicted octanol–water partition coefficient (Wildman–Crippen LogP) is 2.50. The molecular weight excluding hydrogens is 248 g/mol. The molecule has 1 aliphatic heterocycles. The molecule has 0 aliphatic carbocycles. The lowest BCUT2D eigenvalue weighted by molar-refractivity contribution is -0.0442. The molecule has 1 saturated heterocycles. The number of ether oxygens (including phenoxy) is 3. The first-order chi connectivity index (χ1) is 6.79. The molecule has 0 saturated carbocycles. The maximum Gasteiger partial charge on any atom is 0.184 e. The Kier molecular flexibility index (Phi) is 3.05. The summed E-state index contributed by atoms with van der Waals surface area (Å²) >= 11 is 3.41. The molecule has 1 heterocycles. The molecule has 0 radical (unpaired) electrons. The highest BCUT2D eigenvalue weighted by atomic mass is 79.9. The summed E-state index contributed by atoms with van der Waals surface area (Å²) in [5, 5.41) is 0. The molecule has 0 bridgehead atoms. The largest absolute Gasteiger partial charge is 0.497 e. The fraction of sp³-hybridized carbons (Fsp3) is 0.400. The first-order valence-electron chi connectivity index (χ1n) is 4.37. The molecule has 76 valence electrons. The topological polar surface area (TPSA) is 27.7 Å². The molecule has 1 aromatic carbocycles. The van der Waals surface area contributed by atoms with Crippen molar-refractivity contribution in [3.63, 3.8) is 0 Å². The molecule has 0 unspecified atom stereocenters. The number of methoxy groups -OCH3 is 1. The Morgan fingerprint density at radius 1 is 1.29 bits per heavy atom. The average Bonchev–Trinajstić information content (AvgIpc) is 2.69. The van der Waals surface area contributed by atoms with E-state index < -0.39 is 0 Å². The van der Waals surface area contributed by atoms with Crippen LogP contribution in [0.4, 0.5) is 0 Å². The van der Waals surface area contributed by atoms with Gasteiger partial charge in [-0.25, -0.2) is 0 Å². The van der Waals surface area contributed by atoms with Crippen molar-refractivity contribution < 1.29 is 14.2 Å². The van der Waals surface area contributed by atoms with Crippen LogP contribution in [0.3, 0.4) is 0 Å². The Hall–Kier alpha value is -0.580. The highest BCUT2D eigenvalue weighted by molar-refractivity contribution is 9.10. The summed E-state index contributed by atoms with van der Waals surface area (Å²) in [5.74, 6) is 0.800. The SMILES string of the molecule is COc1cc(Br)cc(C2OCCO2)c1. The normalized spacial score (nSPS) is 17.3. The van der Waals surface area contributed by atoms with E-state index >= 15 is 0 Å². The van der Waals surface area contributed by atoms with Gasteiger partial charge in [0.1, 0.15) is 5.75 Å². The van der Waals surface area contributed by atoms with E-state index in [2.05, 4.69) is 15.9 Å². The molecule has 0 amide bonds. The number of hydrogen-bond acceptors (Lipinski definition) is 3. The lowest BCUT2D eigenvalue weighted by atomic mass is 10.2. The van der Waals surface area contributed by atoms with E-state index in [9.17, 15) is 0 Å². The van der Waals surface area contributed by atoms with E-state index in [1.54, 1.807) is 7.11 Å². The molecule has 4 heteroatoms. The minimum atomic E-state index is -0.249. The average molecular weight is 259 g/mol. The van der Waals surface area contributed by atoms with Crippen LogP contribution in [0.1, 0.15) is 11.9 Å². The lowest BCUT2D eigenvalue weighted by Gasteiger charge is -2.11.